The Hall–Kier alpha value is -3.79. The van der Waals surface area contributed by atoms with Crippen LogP contribution in [0.25, 0.3) is 22.3 Å². The van der Waals surface area contributed by atoms with Crippen molar-refractivity contribution < 1.29 is 14.3 Å². The number of ketones is 1. The maximum absolute atomic E-state index is 14.0. The molecule has 4 rings (SSSR count). The SMILES string of the molecule is O=C(Cc1ccc(O)cc1)c1cc(-c2ccc(-c3ccccc3F)cc2)ccn1. The van der Waals surface area contributed by atoms with Gasteiger partial charge in [0.25, 0.3) is 0 Å². The Bertz CT molecular complexity index is 1150. The summed E-state index contributed by atoms with van der Waals surface area (Å²) in [5.74, 6) is -0.188. The lowest BCUT2D eigenvalue weighted by molar-refractivity contribution is 0.0988. The minimum Gasteiger partial charge on any atom is -0.508 e. The third-order valence-corrected chi connectivity index (χ3v) is 4.75. The van der Waals surface area contributed by atoms with Crippen LogP contribution in [-0.2, 0) is 6.42 Å². The van der Waals surface area contributed by atoms with Crippen molar-refractivity contribution in [3.63, 3.8) is 0 Å². The maximum Gasteiger partial charge on any atom is 0.185 e. The van der Waals surface area contributed by atoms with E-state index in [0.717, 1.165) is 22.3 Å². The average Bonchev–Trinajstić information content (AvgIpc) is 2.76. The van der Waals surface area contributed by atoms with Gasteiger partial charge in [-0.2, -0.15) is 0 Å². The zero-order valence-electron chi connectivity index (χ0n) is 15.5. The van der Waals surface area contributed by atoms with Crippen molar-refractivity contribution in [2.75, 3.05) is 0 Å². The predicted octanol–water partition coefficient (Wildman–Crippen LogP) is 5.69. The van der Waals surface area contributed by atoms with Gasteiger partial charge in [0.15, 0.2) is 5.78 Å². The molecule has 0 saturated heterocycles. The number of halogens is 1. The number of phenols is 1. The first-order chi connectivity index (χ1) is 14.1. The molecule has 0 unspecified atom stereocenters. The molecule has 1 aromatic heterocycles. The third-order valence-electron chi connectivity index (χ3n) is 4.75. The van der Waals surface area contributed by atoms with E-state index in [4.69, 9.17) is 0 Å². The smallest absolute Gasteiger partial charge is 0.185 e. The molecule has 0 aliphatic carbocycles. The summed E-state index contributed by atoms with van der Waals surface area (Å²) in [5, 5.41) is 9.36. The van der Waals surface area contributed by atoms with E-state index in [9.17, 15) is 14.3 Å². The van der Waals surface area contributed by atoms with Crippen LogP contribution in [0.1, 0.15) is 16.1 Å². The van der Waals surface area contributed by atoms with E-state index in [1.807, 2.05) is 30.3 Å². The van der Waals surface area contributed by atoms with Gasteiger partial charge < -0.3 is 5.11 Å². The van der Waals surface area contributed by atoms with Gasteiger partial charge in [0.2, 0.25) is 0 Å². The second kappa shape index (κ2) is 8.07. The molecule has 3 aromatic carbocycles. The van der Waals surface area contributed by atoms with Gasteiger partial charge >= 0.3 is 0 Å². The number of carbonyl (C=O) groups excluding carboxylic acids is 1. The standard InChI is InChI=1S/C25H18FNO2/c26-23-4-2-1-3-22(23)19-9-7-18(8-10-19)20-13-14-27-24(16-20)25(29)15-17-5-11-21(28)12-6-17/h1-14,16,28H,15H2. The number of nitrogens with zero attached hydrogens (tertiary/aromatic N) is 1. The number of pyridine rings is 1. The highest BCUT2D eigenvalue weighted by atomic mass is 19.1. The number of aromatic hydroxyl groups is 1. The Morgan fingerprint density at radius 3 is 2.24 bits per heavy atom. The topological polar surface area (TPSA) is 50.2 Å². The number of Topliss-reactive ketones (excluding diaryl/α,β-unsaturated/α-hetero) is 1. The van der Waals surface area contributed by atoms with E-state index in [1.54, 1.807) is 54.7 Å². The van der Waals surface area contributed by atoms with Crippen LogP contribution in [0.15, 0.2) is 91.1 Å². The summed E-state index contributed by atoms with van der Waals surface area (Å²) < 4.78 is 14.0. The third kappa shape index (κ3) is 4.22. The van der Waals surface area contributed by atoms with Crippen molar-refractivity contribution in [1.29, 1.82) is 0 Å². The number of rotatable bonds is 5. The van der Waals surface area contributed by atoms with Crippen LogP contribution < -0.4 is 0 Å². The van der Waals surface area contributed by atoms with Crippen molar-refractivity contribution in [2.45, 2.75) is 6.42 Å². The Labute approximate surface area is 168 Å². The van der Waals surface area contributed by atoms with Gasteiger partial charge in [-0.15, -0.1) is 0 Å². The Morgan fingerprint density at radius 2 is 1.52 bits per heavy atom. The van der Waals surface area contributed by atoms with Gasteiger partial charge in [0.05, 0.1) is 0 Å². The molecule has 0 bridgehead atoms. The van der Waals surface area contributed by atoms with Gasteiger partial charge in [-0.1, -0.05) is 54.6 Å². The molecular weight excluding hydrogens is 365 g/mol. The van der Waals surface area contributed by atoms with Crippen LogP contribution in [-0.4, -0.2) is 15.9 Å². The van der Waals surface area contributed by atoms with Gasteiger partial charge in [0, 0.05) is 18.2 Å². The molecule has 0 saturated carbocycles. The molecule has 0 radical (unpaired) electrons. The minimum atomic E-state index is -0.258. The normalized spacial score (nSPS) is 10.7. The lowest BCUT2D eigenvalue weighted by Gasteiger charge is -2.07. The Kier molecular flexibility index (Phi) is 5.16. The van der Waals surface area contributed by atoms with Gasteiger partial charge in [-0.25, -0.2) is 4.39 Å². The first kappa shape index (κ1) is 18.6. The van der Waals surface area contributed by atoms with E-state index in [1.165, 1.54) is 6.07 Å². The molecule has 0 aliphatic rings. The Morgan fingerprint density at radius 1 is 0.828 bits per heavy atom. The summed E-state index contributed by atoms with van der Waals surface area (Å²) in [5.41, 5.74) is 4.34. The molecule has 0 fully saturated rings. The lowest BCUT2D eigenvalue weighted by Crippen LogP contribution is -2.06. The number of aromatic nitrogens is 1. The fourth-order valence-corrected chi connectivity index (χ4v) is 3.19. The lowest BCUT2D eigenvalue weighted by atomic mass is 9.99. The van der Waals surface area contributed by atoms with E-state index in [-0.39, 0.29) is 23.8 Å². The zero-order valence-corrected chi connectivity index (χ0v) is 15.5. The number of carbonyl (C=O) groups is 1. The molecule has 142 valence electrons. The molecule has 0 spiro atoms. The average molecular weight is 383 g/mol. The highest BCUT2D eigenvalue weighted by Gasteiger charge is 2.11. The summed E-state index contributed by atoms with van der Waals surface area (Å²) in [6.07, 6.45) is 1.83. The van der Waals surface area contributed by atoms with E-state index in [2.05, 4.69) is 4.98 Å². The molecule has 0 amide bonds. The van der Waals surface area contributed by atoms with Crippen molar-refractivity contribution in [1.82, 2.24) is 4.98 Å². The highest BCUT2D eigenvalue weighted by molar-refractivity contribution is 5.96. The van der Waals surface area contributed by atoms with Gasteiger partial charge in [0.1, 0.15) is 17.3 Å². The van der Waals surface area contributed by atoms with Crippen LogP contribution in [0.4, 0.5) is 4.39 Å². The fourth-order valence-electron chi connectivity index (χ4n) is 3.19. The Balaban J connectivity index is 1.56. The molecular formula is C25H18FNO2. The fraction of sp³-hybridized carbons (Fsp3) is 0.0400. The number of phenolic OH excluding ortho intramolecular Hbond substituents is 1. The van der Waals surface area contributed by atoms with Crippen LogP contribution in [0.3, 0.4) is 0 Å². The summed E-state index contributed by atoms with van der Waals surface area (Å²) in [6, 6.07) is 24.4. The molecule has 4 heteroatoms. The molecule has 1 N–H and O–H groups in total. The second-order valence-corrected chi connectivity index (χ2v) is 6.75. The van der Waals surface area contributed by atoms with Gasteiger partial charge in [-0.3, -0.25) is 9.78 Å². The summed E-state index contributed by atoms with van der Waals surface area (Å²) in [4.78, 5) is 16.8. The van der Waals surface area contributed by atoms with E-state index >= 15 is 0 Å². The first-order valence-electron chi connectivity index (χ1n) is 9.23. The number of benzene rings is 3. The van der Waals surface area contributed by atoms with Crippen molar-refractivity contribution in [3.8, 4) is 28.0 Å². The van der Waals surface area contributed by atoms with Crippen LogP contribution in [0.2, 0.25) is 0 Å². The van der Waals surface area contributed by atoms with Crippen LogP contribution in [0.5, 0.6) is 5.75 Å². The van der Waals surface area contributed by atoms with Crippen LogP contribution >= 0.6 is 0 Å². The molecule has 29 heavy (non-hydrogen) atoms. The first-order valence-corrected chi connectivity index (χ1v) is 9.23. The minimum absolute atomic E-state index is 0.0967. The highest BCUT2D eigenvalue weighted by Crippen LogP contribution is 2.27. The number of hydrogen-bond donors (Lipinski definition) is 1. The quantitative estimate of drug-likeness (QED) is 0.451. The van der Waals surface area contributed by atoms with Gasteiger partial charge in [-0.05, 0) is 52.6 Å². The molecule has 3 nitrogen and oxygen atoms in total. The van der Waals surface area contributed by atoms with Crippen LogP contribution in [0, 0.1) is 5.82 Å². The predicted molar refractivity (Wildman–Crippen MR) is 111 cm³/mol. The molecule has 1 heterocycles. The maximum atomic E-state index is 14.0. The summed E-state index contributed by atoms with van der Waals surface area (Å²) in [7, 11) is 0. The monoisotopic (exact) mass is 383 g/mol. The number of hydrogen-bond acceptors (Lipinski definition) is 3. The molecule has 4 aromatic rings. The van der Waals surface area contributed by atoms with Crippen molar-refractivity contribution in [2.24, 2.45) is 0 Å². The molecule has 0 atom stereocenters. The summed E-state index contributed by atoms with van der Waals surface area (Å²) in [6.45, 7) is 0. The van der Waals surface area contributed by atoms with Crippen molar-refractivity contribution >= 4 is 5.78 Å². The zero-order chi connectivity index (χ0) is 20.2. The second-order valence-electron chi connectivity index (χ2n) is 6.75. The van der Waals surface area contributed by atoms with Crippen molar-refractivity contribution in [3.05, 3.63) is 108 Å². The summed E-state index contributed by atoms with van der Waals surface area (Å²) >= 11 is 0. The van der Waals surface area contributed by atoms with E-state index < -0.39 is 0 Å². The molecule has 0 aliphatic heterocycles. The van der Waals surface area contributed by atoms with E-state index in [0.29, 0.717) is 11.3 Å². The largest absolute Gasteiger partial charge is 0.508 e.